The highest BCUT2D eigenvalue weighted by atomic mass is 16.1. The van der Waals surface area contributed by atoms with Crippen molar-refractivity contribution in [2.75, 3.05) is 6.54 Å². The van der Waals surface area contributed by atoms with E-state index in [0.29, 0.717) is 13.0 Å². The number of aromatic nitrogens is 2. The van der Waals surface area contributed by atoms with Crippen molar-refractivity contribution in [1.82, 2.24) is 9.55 Å². The molecular weight excluding hydrogens is 202 g/mol. The molecule has 0 fully saturated rings. The van der Waals surface area contributed by atoms with Gasteiger partial charge in [0.15, 0.2) is 0 Å². The average Bonchev–Trinajstić information content (AvgIpc) is 2.68. The van der Waals surface area contributed by atoms with Gasteiger partial charge in [0, 0.05) is 31.4 Å². The van der Waals surface area contributed by atoms with Crippen molar-refractivity contribution in [3.05, 3.63) is 18.2 Å². The Morgan fingerprint density at radius 2 is 2.12 bits per heavy atom. The van der Waals surface area contributed by atoms with Crippen LogP contribution in [0, 0.1) is 5.41 Å². The second-order valence-electron chi connectivity index (χ2n) is 4.25. The number of hydrogen-bond donors (Lipinski definition) is 1. The Morgan fingerprint density at radius 1 is 1.50 bits per heavy atom. The van der Waals surface area contributed by atoms with E-state index in [0.717, 1.165) is 18.7 Å². The van der Waals surface area contributed by atoms with Crippen molar-refractivity contribution in [1.29, 1.82) is 0 Å². The lowest BCUT2D eigenvalue weighted by atomic mass is 9.77. The van der Waals surface area contributed by atoms with E-state index in [1.807, 2.05) is 31.7 Å². The maximum absolute atomic E-state index is 12.2. The normalized spacial score (nSPS) is 11.8. The maximum Gasteiger partial charge on any atom is 0.147 e. The molecule has 1 rings (SSSR count). The third-order valence-corrected chi connectivity index (χ3v) is 3.58. The summed E-state index contributed by atoms with van der Waals surface area (Å²) in [6, 6.07) is 0. The summed E-state index contributed by atoms with van der Waals surface area (Å²) in [5.74, 6) is 1.01. The average molecular weight is 223 g/mol. The van der Waals surface area contributed by atoms with Crippen molar-refractivity contribution >= 4 is 5.78 Å². The monoisotopic (exact) mass is 223 g/mol. The summed E-state index contributed by atoms with van der Waals surface area (Å²) in [6.45, 7) is 4.46. The Labute approximate surface area is 96.9 Å². The van der Waals surface area contributed by atoms with Crippen LogP contribution in [0.5, 0.6) is 0 Å². The smallest absolute Gasteiger partial charge is 0.147 e. The van der Waals surface area contributed by atoms with Gasteiger partial charge in [-0.2, -0.15) is 0 Å². The molecule has 0 aromatic carbocycles. The van der Waals surface area contributed by atoms with Crippen LogP contribution in [0.3, 0.4) is 0 Å². The van der Waals surface area contributed by atoms with Gasteiger partial charge in [0.25, 0.3) is 0 Å². The Morgan fingerprint density at radius 3 is 2.50 bits per heavy atom. The molecule has 4 nitrogen and oxygen atoms in total. The first-order valence-electron chi connectivity index (χ1n) is 5.79. The molecule has 0 spiro atoms. The van der Waals surface area contributed by atoms with E-state index in [4.69, 9.17) is 5.73 Å². The molecule has 0 aliphatic carbocycles. The summed E-state index contributed by atoms with van der Waals surface area (Å²) in [5.41, 5.74) is 5.38. The molecule has 0 amide bonds. The second kappa shape index (κ2) is 5.25. The lowest BCUT2D eigenvalue weighted by molar-refractivity contribution is -0.128. The van der Waals surface area contributed by atoms with Gasteiger partial charge in [-0.05, 0) is 12.8 Å². The van der Waals surface area contributed by atoms with Crippen LogP contribution < -0.4 is 5.73 Å². The molecular formula is C12H21N3O. The van der Waals surface area contributed by atoms with E-state index in [1.165, 1.54) is 0 Å². The number of rotatable bonds is 6. The highest BCUT2D eigenvalue weighted by Crippen LogP contribution is 2.27. The van der Waals surface area contributed by atoms with Crippen LogP contribution in [0.2, 0.25) is 0 Å². The summed E-state index contributed by atoms with van der Waals surface area (Å²) in [4.78, 5) is 16.4. The predicted molar refractivity (Wildman–Crippen MR) is 64.0 cm³/mol. The molecule has 1 aromatic rings. The van der Waals surface area contributed by atoms with Gasteiger partial charge in [0.2, 0.25) is 0 Å². The highest BCUT2D eigenvalue weighted by Gasteiger charge is 2.33. The first kappa shape index (κ1) is 12.9. The Kier molecular flexibility index (Phi) is 4.24. The molecule has 0 saturated heterocycles. The molecule has 1 aromatic heterocycles. The quantitative estimate of drug-likeness (QED) is 0.790. The van der Waals surface area contributed by atoms with E-state index >= 15 is 0 Å². The zero-order valence-electron chi connectivity index (χ0n) is 10.4. The van der Waals surface area contributed by atoms with Gasteiger partial charge in [-0.3, -0.25) is 4.79 Å². The van der Waals surface area contributed by atoms with Crippen LogP contribution in [0.15, 0.2) is 12.4 Å². The standard InChI is InChI=1S/C12H21N3O/c1-4-12(5-2,9-13)10(16)8-11-14-6-7-15(11)3/h6-7H,4-5,8-9,13H2,1-3H3. The van der Waals surface area contributed by atoms with Crippen LogP contribution in [-0.4, -0.2) is 21.9 Å². The zero-order chi connectivity index (χ0) is 12.2. The van der Waals surface area contributed by atoms with E-state index in [9.17, 15) is 4.79 Å². The second-order valence-corrected chi connectivity index (χ2v) is 4.25. The molecule has 0 aliphatic rings. The fourth-order valence-corrected chi connectivity index (χ4v) is 1.94. The molecule has 0 unspecified atom stereocenters. The number of Topliss-reactive ketones (excluding diaryl/α,β-unsaturated/α-hetero) is 1. The minimum Gasteiger partial charge on any atom is -0.338 e. The zero-order valence-corrected chi connectivity index (χ0v) is 10.4. The van der Waals surface area contributed by atoms with Gasteiger partial charge >= 0.3 is 0 Å². The largest absolute Gasteiger partial charge is 0.338 e. The third kappa shape index (κ3) is 2.32. The Balaban J connectivity index is 2.81. The van der Waals surface area contributed by atoms with Crippen molar-refractivity contribution in [3.63, 3.8) is 0 Å². The number of imidazole rings is 1. The minimum absolute atomic E-state index is 0.203. The first-order valence-corrected chi connectivity index (χ1v) is 5.79. The maximum atomic E-state index is 12.2. The van der Waals surface area contributed by atoms with Gasteiger partial charge in [0.1, 0.15) is 11.6 Å². The van der Waals surface area contributed by atoms with Crippen LogP contribution in [0.4, 0.5) is 0 Å². The lowest BCUT2D eigenvalue weighted by Gasteiger charge is -2.28. The van der Waals surface area contributed by atoms with Gasteiger partial charge in [-0.1, -0.05) is 13.8 Å². The topological polar surface area (TPSA) is 60.9 Å². The van der Waals surface area contributed by atoms with E-state index in [-0.39, 0.29) is 11.2 Å². The van der Waals surface area contributed by atoms with Crippen molar-refractivity contribution < 1.29 is 4.79 Å². The fraction of sp³-hybridized carbons (Fsp3) is 0.667. The number of aryl methyl sites for hydroxylation is 1. The minimum atomic E-state index is -0.369. The summed E-state index contributed by atoms with van der Waals surface area (Å²) in [5, 5.41) is 0. The molecule has 2 N–H and O–H groups in total. The molecule has 16 heavy (non-hydrogen) atoms. The number of carbonyl (C=O) groups excluding carboxylic acids is 1. The number of carbonyl (C=O) groups is 1. The van der Waals surface area contributed by atoms with Crippen LogP contribution in [0.25, 0.3) is 0 Å². The molecule has 4 heteroatoms. The van der Waals surface area contributed by atoms with E-state index < -0.39 is 0 Å². The highest BCUT2D eigenvalue weighted by molar-refractivity contribution is 5.86. The van der Waals surface area contributed by atoms with Crippen LogP contribution in [-0.2, 0) is 18.3 Å². The van der Waals surface area contributed by atoms with E-state index in [1.54, 1.807) is 6.20 Å². The number of ketones is 1. The lowest BCUT2D eigenvalue weighted by Crippen LogP contribution is -2.39. The Hall–Kier alpha value is -1.16. The van der Waals surface area contributed by atoms with Crippen molar-refractivity contribution in [2.45, 2.75) is 33.1 Å². The van der Waals surface area contributed by atoms with Gasteiger partial charge in [-0.25, -0.2) is 4.98 Å². The summed E-state index contributed by atoms with van der Waals surface area (Å²) >= 11 is 0. The van der Waals surface area contributed by atoms with Crippen molar-refractivity contribution in [2.24, 2.45) is 18.2 Å². The predicted octanol–water partition coefficient (Wildman–Crippen LogP) is 1.30. The molecule has 1 heterocycles. The van der Waals surface area contributed by atoms with Gasteiger partial charge in [-0.15, -0.1) is 0 Å². The number of hydrogen-bond acceptors (Lipinski definition) is 3. The third-order valence-electron chi connectivity index (χ3n) is 3.58. The summed E-state index contributed by atoms with van der Waals surface area (Å²) < 4.78 is 1.88. The molecule has 0 saturated carbocycles. The molecule has 0 atom stereocenters. The number of nitrogens with zero attached hydrogens (tertiary/aromatic N) is 2. The number of nitrogens with two attached hydrogens (primary N) is 1. The van der Waals surface area contributed by atoms with Crippen LogP contribution in [0.1, 0.15) is 32.5 Å². The first-order chi connectivity index (χ1) is 7.59. The molecule has 0 radical (unpaired) electrons. The van der Waals surface area contributed by atoms with Gasteiger partial charge < -0.3 is 10.3 Å². The van der Waals surface area contributed by atoms with Gasteiger partial charge in [0.05, 0.1) is 6.42 Å². The molecule has 90 valence electrons. The fourth-order valence-electron chi connectivity index (χ4n) is 1.94. The van der Waals surface area contributed by atoms with Crippen LogP contribution >= 0.6 is 0 Å². The van der Waals surface area contributed by atoms with E-state index in [2.05, 4.69) is 4.98 Å². The molecule has 0 aliphatic heterocycles. The summed E-state index contributed by atoms with van der Waals surface area (Å²) in [7, 11) is 1.90. The molecule has 0 bridgehead atoms. The Bertz CT molecular complexity index is 345. The van der Waals surface area contributed by atoms with Crippen molar-refractivity contribution in [3.8, 4) is 0 Å². The SMILES string of the molecule is CCC(CC)(CN)C(=O)Cc1nccn1C. The summed E-state index contributed by atoms with van der Waals surface area (Å²) in [6.07, 6.45) is 5.53.